The Bertz CT molecular complexity index is 568. The summed E-state index contributed by atoms with van der Waals surface area (Å²) in [5.41, 5.74) is 7.99. The number of benzene rings is 1. The van der Waals surface area contributed by atoms with Gasteiger partial charge in [-0.25, -0.2) is 4.98 Å². The van der Waals surface area contributed by atoms with E-state index in [1.165, 1.54) is 0 Å². The van der Waals surface area contributed by atoms with E-state index < -0.39 is 6.04 Å². The molecule has 1 aromatic heterocycles. The van der Waals surface area contributed by atoms with Crippen molar-refractivity contribution in [3.05, 3.63) is 52.0 Å². The van der Waals surface area contributed by atoms with E-state index in [1.54, 1.807) is 23.3 Å². The largest absolute Gasteiger partial charge is 0.338 e. The highest BCUT2D eigenvalue weighted by Crippen LogP contribution is 2.11. The van der Waals surface area contributed by atoms with Crippen LogP contribution in [0.3, 0.4) is 0 Å². The zero-order chi connectivity index (χ0) is 14.5. The number of nitrogens with zero attached hydrogens (tertiary/aromatic N) is 2. The molecule has 4 nitrogen and oxygen atoms in total. The standard InChI is InChI=1S/C15H19N3OS/c1-11-17-13(10-20-11)9-18(2)15(19)14(16)8-12-6-4-3-5-7-12/h3-7,10,14H,8-9,16H2,1-2H3/t14-/m0/s1. The second-order valence-electron chi connectivity index (χ2n) is 4.85. The molecule has 0 bridgehead atoms. The van der Waals surface area contributed by atoms with Gasteiger partial charge >= 0.3 is 0 Å². The fourth-order valence-electron chi connectivity index (χ4n) is 2.04. The van der Waals surface area contributed by atoms with Gasteiger partial charge in [-0.1, -0.05) is 30.3 Å². The minimum absolute atomic E-state index is 0.0560. The Morgan fingerprint density at radius 1 is 1.40 bits per heavy atom. The third-order valence-electron chi connectivity index (χ3n) is 3.06. The number of hydrogen-bond donors (Lipinski definition) is 1. The van der Waals surface area contributed by atoms with E-state index in [4.69, 9.17) is 5.73 Å². The molecule has 0 saturated heterocycles. The Kier molecular flexibility index (Phi) is 4.87. The maximum absolute atomic E-state index is 12.2. The number of nitrogens with two attached hydrogens (primary N) is 1. The van der Waals surface area contributed by atoms with E-state index in [2.05, 4.69) is 4.98 Å². The predicted molar refractivity (Wildman–Crippen MR) is 81.4 cm³/mol. The maximum atomic E-state index is 12.2. The normalized spacial score (nSPS) is 12.2. The lowest BCUT2D eigenvalue weighted by Crippen LogP contribution is -2.42. The fraction of sp³-hybridized carbons (Fsp3) is 0.333. The highest BCUT2D eigenvalue weighted by atomic mass is 32.1. The van der Waals surface area contributed by atoms with E-state index in [1.807, 2.05) is 42.6 Å². The summed E-state index contributed by atoms with van der Waals surface area (Å²) in [6, 6.07) is 9.31. The van der Waals surface area contributed by atoms with Crippen LogP contribution in [-0.2, 0) is 17.8 Å². The van der Waals surface area contributed by atoms with Crippen LogP contribution in [0.15, 0.2) is 35.7 Å². The number of rotatable bonds is 5. The molecule has 2 rings (SSSR count). The van der Waals surface area contributed by atoms with Crippen molar-refractivity contribution in [2.45, 2.75) is 25.9 Å². The quantitative estimate of drug-likeness (QED) is 0.915. The molecule has 106 valence electrons. The molecule has 1 amide bonds. The van der Waals surface area contributed by atoms with Gasteiger partial charge in [0.1, 0.15) is 0 Å². The van der Waals surface area contributed by atoms with E-state index in [-0.39, 0.29) is 5.91 Å². The van der Waals surface area contributed by atoms with Crippen molar-refractivity contribution in [2.24, 2.45) is 5.73 Å². The molecule has 0 aliphatic heterocycles. The van der Waals surface area contributed by atoms with Gasteiger partial charge in [0.2, 0.25) is 5.91 Å². The Morgan fingerprint density at radius 2 is 2.10 bits per heavy atom. The third-order valence-corrected chi connectivity index (χ3v) is 3.88. The van der Waals surface area contributed by atoms with Crippen LogP contribution >= 0.6 is 11.3 Å². The Labute approximate surface area is 123 Å². The Morgan fingerprint density at radius 3 is 2.70 bits per heavy atom. The van der Waals surface area contributed by atoms with Crippen LogP contribution in [0.1, 0.15) is 16.3 Å². The summed E-state index contributed by atoms with van der Waals surface area (Å²) in [7, 11) is 1.77. The fourth-order valence-corrected chi connectivity index (χ4v) is 2.64. The van der Waals surface area contributed by atoms with Gasteiger partial charge in [-0.05, 0) is 18.9 Å². The minimum Gasteiger partial charge on any atom is -0.338 e. The number of likely N-dealkylation sites (N-methyl/N-ethyl adjacent to an activating group) is 1. The first-order valence-corrected chi connectivity index (χ1v) is 7.39. The molecule has 0 aliphatic carbocycles. The minimum atomic E-state index is -0.512. The molecule has 1 atom stereocenters. The summed E-state index contributed by atoms with van der Waals surface area (Å²) < 4.78 is 0. The average Bonchev–Trinajstić information content (AvgIpc) is 2.84. The molecule has 0 radical (unpaired) electrons. The lowest BCUT2D eigenvalue weighted by atomic mass is 10.1. The molecule has 0 saturated carbocycles. The van der Waals surface area contributed by atoms with E-state index >= 15 is 0 Å². The van der Waals surface area contributed by atoms with Crippen LogP contribution in [-0.4, -0.2) is 28.9 Å². The van der Waals surface area contributed by atoms with Crippen molar-refractivity contribution in [1.29, 1.82) is 0 Å². The molecule has 1 aromatic carbocycles. The predicted octanol–water partition coefficient (Wildman–Crippen LogP) is 1.98. The first-order valence-electron chi connectivity index (χ1n) is 6.51. The first kappa shape index (κ1) is 14.7. The second kappa shape index (κ2) is 6.63. The summed E-state index contributed by atoms with van der Waals surface area (Å²) in [5, 5.41) is 2.98. The monoisotopic (exact) mass is 289 g/mol. The van der Waals surface area contributed by atoms with Crippen molar-refractivity contribution < 1.29 is 4.79 Å². The number of aryl methyl sites for hydroxylation is 1. The molecule has 20 heavy (non-hydrogen) atoms. The van der Waals surface area contributed by atoms with Crippen LogP contribution in [0, 0.1) is 6.92 Å². The molecule has 2 N–H and O–H groups in total. The molecule has 5 heteroatoms. The van der Waals surface area contributed by atoms with Crippen molar-refractivity contribution >= 4 is 17.2 Å². The lowest BCUT2D eigenvalue weighted by molar-refractivity contribution is -0.131. The van der Waals surface area contributed by atoms with Gasteiger partial charge in [0.25, 0.3) is 0 Å². The molecule has 2 aromatic rings. The molecule has 0 unspecified atom stereocenters. The van der Waals surface area contributed by atoms with Crippen LogP contribution in [0.5, 0.6) is 0 Å². The van der Waals surface area contributed by atoms with Gasteiger partial charge in [0.15, 0.2) is 0 Å². The smallest absolute Gasteiger partial charge is 0.239 e. The summed E-state index contributed by atoms with van der Waals surface area (Å²) in [5.74, 6) is -0.0560. The van der Waals surface area contributed by atoms with Gasteiger partial charge < -0.3 is 10.6 Å². The second-order valence-corrected chi connectivity index (χ2v) is 5.91. The van der Waals surface area contributed by atoms with Crippen LogP contribution in [0.4, 0.5) is 0 Å². The zero-order valence-corrected chi connectivity index (χ0v) is 12.6. The molecular weight excluding hydrogens is 270 g/mol. The summed E-state index contributed by atoms with van der Waals surface area (Å²) in [6.07, 6.45) is 0.556. The molecule has 1 heterocycles. The highest BCUT2D eigenvalue weighted by molar-refractivity contribution is 7.09. The van der Waals surface area contributed by atoms with Crippen molar-refractivity contribution in [3.8, 4) is 0 Å². The molecule has 0 fully saturated rings. The lowest BCUT2D eigenvalue weighted by Gasteiger charge is -2.20. The van der Waals surface area contributed by atoms with Crippen molar-refractivity contribution in [3.63, 3.8) is 0 Å². The average molecular weight is 289 g/mol. The first-order chi connectivity index (χ1) is 9.56. The highest BCUT2D eigenvalue weighted by Gasteiger charge is 2.19. The summed E-state index contributed by atoms with van der Waals surface area (Å²) >= 11 is 1.59. The third kappa shape index (κ3) is 3.88. The zero-order valence-electron chi connectivity index (χ0n) is 11.7. The number of hydrogen-bond acceptors (Lipinski definition) is 4. The van der Waals surface area contributed by atoms with E-state index in [9.17, 15) is 4.79 Å². The van der Waals surface area contributed by atoms with E-state index in [0.717, 1.165) is 16.3 Å². The number of carbonyl (C=O) groups is 1. The van der Waals surface area contributed by atoms with Gasteiger partial charge in [0, 0.05) is 12.4 Å². The number of carbonyl (C=O) groups excluding carboxylic acids is 1. The maximum Gasteiger partial charge on any atom is 0.239 e. The van der Waals surface area contributed by atoms with Crippen LogP contribution < -0.4 is 5.73 Å². The summed E-state index contributed by atoms with van der Waals surface area (Å²) in [4.78, 5) is 18.2. The van der Waals surface area contributed by atoms with Gasteiger partial charge in [-0.3, -0.25) is 4.79 Å². The number of aromatic nitrogens is 1. The molecule has 0 aliphatic rings. The topological polar surface area (TPSA) is 59.2 Å². The van der Waals surface area contributed by atoms with Gasteiger partial charge in [0.05, 0.1) is 23.3 Å². The van der Waals surface area contributed by atoms with Crippen molar-refractivity contribution in [2.75, 3.05) is 7.05 Å². The van der Waals surface area contributed by atoms with E-state index in [0.29, 0.717) is 13.0 Å². The Hall–Kier alpha value is -1.72. The summed E-state index contributed by atoms with van der Waals surface area (Å²) in [6.45, 7) is 2.46. The van der Waals surface area contributed by atoms with Crippen molar-refractivity contribution in [1.82, 2.24) is 9.88 Å². The van der Waals surface area contributed by atoms with Crippen LogP contribution in [0.25, 0.3) is 0 Å². The SMILES string of the molecule is Cc1nc(CN(C)C(=O)[C@@H](N)Cc2ccccc2)cs1. The molecule has 0 spiro atoms. The van der Waals surface area contributed by atoms with Gasteiger partial charge in [-0.15, -0.1) is 11.3 Å². The van der Waals surface area contributed by atoms with Gasteiger partial charge in [-0.2, -0.15) is 0 Å². The van der Waals surface area contributed by atoms with Crippen LogP contribution in [0.2, 0.25) is 0 Å². The Balaban J connectivity index is 1.92. The number of thiazole rings is 1. The number of amides is 1. The molecular formula is C15H19N3OS.